The summed E-state index contributed by atoms with van der Waals surface area (Å²) in [5.74, 6) is 1.42. The summed E-state index contributed by atoms with van der Waals surface area (Å²) < 4.78 is 50.7. The van der Waals surface area contributed by atoms with Gasteiger partial charge in [0.15, 0.2) is 5.82 Å². The minimum atomic E-state index is -0.796. The van der Waals surface area contributed by atoms with Crippen LogP contribution in [0.1, 0.15) is 44.1 Å². The topological polar surface area (TPSA) is 125 Å². The first-order chi connectivity index (χ1) is 25.1. The fraction of sp³-hybridized carbons (Fsp3) is 0.474. The molecule has 270 valence electrons. The van der Waals surface area contributed by atoms with Gasteiger partial charge in [0.05, 0.1) is 17.1 Å². The van der Waals surface area contributed by atoms with Crippen LogP contribution in [0.4, 0.5) is 19.4 Å². The molecule has 2 N–H and O–H groups in total. The minimum Gasteiger partial charge on any atom is -0.508 e. The van der Waals surface area contributed by atoms with Gasteiger partial charge in [0.25, 0.3) is 0 Å². The van der Waals surface area contributed by atoms with E-state index in [1.165, 1.54) is 29.2 Å². The van der Waals surface area contributed by atoms with Gasteiger partial charge in [-0.15, -0.1) is 6.42 Å². The first-order valence-electron chi connectivity index (χ1n) is 17.9. The number of aromatic nitrogens is 3. The Hall–Kier alpha value is -5.00. The number of terminal acetylenes is 1. The number of halogens is 2. The molecule has 0 aliphatic carbocycles. The van der Waals surface area contributed by atoms with Crippen molar-refractivity contribution in [2.24, 2.45) is 0 Å². The molecule has 4 saturated heterocycles. The summed E-state index contributed by atoms with van der Waals surface area (Å²) in [6, 6.07) is 5.85. The van der Waals surface area contributed by atoms with Crippen molar-refractivity contribution in [3.05, 3.63) is 41.5 Å². The van der Waals surface area contributed by atoms with Crippen molar-refractivity contribution < 1.29 is 32.9 Å². The molecular weight excluding hydrogens is 672 g/mol. The molecule has 0 radical (unpaired) electrons. The van der Waals surface area contributed by atoms with E-state index in [4.69, 9.17) is 30.6 Å². The number of benzene rings is 2. The molecule has 1 amide bonds. The maximum Gasteiger partial charge on any atom is 0.409 e. The summed E-state index contributed by atoms with van der Waals surface area (Å²) in [5, 5.41) is 15.4. The van der Waals surface area contributed by atoms with Crippen molar-refractivity contribution >= 4 is 33.6 Å². The summed E-state index contributed by atoms with van der Waals surface area (Å²) in [4.78, 5) is 32.5. The highest BCUT2D eigenvalue weighted by Gasteiger charge is 2.50. The monoisotopic (exact) mass is 711 g/mol. The van der Waals surface area contributed by atoms with E-state index in [2.05, 4.69) is 26.0 Å². The molecule has 0 spiro atoms. The molecule has 2 aromatic heterocycles. The van der Waals surface area contributed by atoms with Crippen LogP contribution in [-0.2, 0) is 4.74 Å². The Morgan fingerprint density at radius 2 is 2.04 bits per heavy atom. The molecule has 5 aliphatic rings. The molecule has 9 rings (SSSR count). The second-order valence-corrected chi connectivity index (χ2v) is 14.8. The number of carbonyl (C=O) groups excluding carboxylic acids is 1. The van der Waals surface area contributed by atoms with Crippen molar-refractivity contribution in [3.8, 4) is 41.2 Å². The Morgan fingerprint density at radius 1 is 1.17 bits per heavy atom. The Balaban J connectivity index is 1.15. The summed E-state index contributed by atoms with van der Waals surface area (Å²) in [6.45, 7) is 2.34. The van der Waals surface area contributed by atoms with Gasteiger partial charge in [-0.2, -0.15) is 9.97 Å². The molecule has 52 heavy (non-hydrogen) atoms. The number of nitrogens with zero attached hydrogens (tertiary/aromatic N) is 6. The lowest BCUT2D eigenvalue weighted by Gasteiger charge is -2.40. The predicted molar refractivity (Wildman–Crippen MR) is 189 cm³/mol. The van der Waals surface area contributed by atoms with Crippen LogP contribution in [0, 0.1) is 24.0 Å². The van der Waals surface area contributed by atoms with Crippen LogP contribution < -0.4 is 19.7 Å². The number of ether oxygens (including phenoxy) is 3. The highest BCUT2D eigenvalue weighted by atomic mass is 19.1. The molecular formula is C38H39F2N7O5. The number of nitrogens with one attached hydrogen (secondary N) is 1. The van der Waals surface area contributed by atoms with E-state index < -0.39 is 11.6 Å². The summed E-state index contributed by atoms with van der Waals surface area (Å²) >= 11 is 0. The maximum absolute atomic E-state index is 17.2. The van der Waals surface area contributed by atoms with Crippen LogP contribution in [0.25, 0.3) is 32.9 Å². The molecule has 2 aromatic carbocycles. The Kier molecular flexibility index (Phi) is 7.78. The summed E-state index contributed by atoms with van der Waals surface area (Å²) in [5.41, 5.74) is -0.502. The van der Waals surface area contributed by atoms with Crippen LogP contribution in [0.5, 0.6) is 17.6 Å². The second kappa shape index (κ2) is 12.3. The van der Waals surface area contributed by atoms with Gasteiger partial charge in [0.2, 0.25) is 5.88 Å². The fourth-order valence-corrected chi connectivity index (χ4v) is 9.20. The van der Waals surface area contributed by atoms with E-state index in [1.54, 1.807) is 14.1 Å². The third-order valence-electron chi connectivity index (χ3n) is 11.7. The Morgan fingerprint density at radius 3 is 2.87 bits per heavy atom. The number of phenols is 1. The number of fused-ring (bicyclic) bond motifs is 7. The van der Waals surface area contributed by atoms with E-state index in [0.717, 1.165) is 45.1 Å². The van der Waals surface area contributed by atoms with Crippen molar-refractivity contribution in [2.75, 3.05) is 51.9 Å². The lowest BCUT2D eigenvalue weighted by molar-refractivity contribution is 0.0484. The number of hydrogen-bond acceptors (Lipinski definition) is 11. The van der Waals surface area contributed by atoms with E-state index in [1.807, 2.05) is 0 Å². The van der Waals surface area contributed by atoms with Gasteiger partial charge in [-0.05, 0) is 68.7 Å². The van der Waals surface area contributed by atoms with E-state index >= 15 is 8.78 Å². The van der Waals surface area contributed by atoms with E-state index in [-0.39, 0.29) is 94.4 Å². The molecule has 4 fully saturated rings. The highest BCUT2D eigenvalue weighted by molar-refractivity contribution is 6.04. The lowest BCUT2D eigenvalue weighted by atomic mass is 9.95. The maximum atomic E-state index is 17.2. The molecule has 14 heteroatoms. The number of piperazine rings is 1. The number of carbonyl (C=O) groups is 1. The quantitative estimate of drug-likeness (QED) is 0.273. The number of pyridine rings is 1. The van der Waals surface area contributed by atoms with Crippen LogP contribution in [0.3, 0.4) is 0 Å². The number of amides is 1. The highest BCUT2D eigenvalue weighted by Crippen LogP contribution is 2.46. The number of rotatable bonds is 6. The average molecular weight is 712 g/mol. The summed E-state index contributed by atoms with van der Waals surface area (Å²) in [6.07, 6.45) is 10.9. The van der Waals surface area contributed by atoms with Gasteiger partial charge < -0.3 is 34.4 Å². The van der Waals surface area contributed by atoms with Gasteiger partial charge in [-0.3, -0.25) is 4.90 Å². The first kappa shape index (κ1) is 32.9. The van der Waals surface area contributed by atoms with Gasteiger partial charge in [0.1, 0.15) is 53.8 Å². The zero-order valence-corrected chi connectivity index (χ0v) is 29.0. The largest absolute Gasteiger partial charge is 0.508 e. The smallest absolute Gasteiger partial charge is 0.409 e. The van der Waals surface area contributed by atoms with Crippen molar-refractivity contribution in [3.63, 3.8) is 0 Å². The minimum absolute atomic E-state index is 0.0239. The lowest BCUT2D eigenvalue weighted by Crippen LogP contribution is -2.60. The van der Waals surface area contributed by atoms with Crippen LogP contribution in [0.2, 0.25) is 0 Å². The molecule has 12 nitrogen and oxygen atoms in total. The molecule has 0 unspecified atom stereocenters. The Labute approximate surface area is 299 Å². The number of aromatic hydroxyl groups is 1. The predicted octanol–water partition coefficient (Wildman–Crippen LogP) is 4.59. The molecule has 7 heterocycles. The van der Waals surface area contributed by atoms with Gasteiger partial charge in [-0.25, -0.2) is 18.6 Å². The molecule has 5 aliphatic heterocycles. The number of phenolic OH excluding ortho intramolecular Hbond substituents is 1. The van der Waals surface area contributed by atoms with Gasteiger partial charge >= 0.3 is 12.1 Å². The first-order valence-corrected chi connectivity index (χ1v) is 17.9. The number of anilines is 1. The summed E-state index contributed by atoms with van der Waals surface area (Å²) in [7, 11) is 3.32. The zero-order chi connectivity index (χ0) is 35.9. The number of hydrogen-bond donors (Lipinski definition) is 2. The van der Waals surface area contributed by atoms with Crippen LogP contribution in [-0.4, -0.2) is 113 Å². The van der Waals surface area contributed by atoms with Crippen molar-refractivity contribution in [1.29, 1.82) is 0 Å². The fourth-order valence-electron chi connectivity index (χ4n) is 9.20. The van der Waals surface area contributed by atoms with Crippen molar-refractivity contribution in [2.45, 2.75) is 68.2 Å². The van der Waals surface area contributed by atoms with Crippen LogP contribution >= 0.6 is 0 Å². The zero-order valence-electron chi connectivity index (χ0n) is 29.0. The second-order valence-electron chi connectivity index (χ2n) is 14.8. The standard InChI is InChI=1S/C38H39F2N7O5/c1-4-24-26(39)8-6-20-14-23(48)15-25(29(20)24)32-31(40)33-30-34(46-16-21-7-9-27(41-21)28(46)18-50-35(30)42-32)44-36(43-33)52-19-38-11-5-13-47(38)22(10-12-38)17-51-37(49)45(2)3/h1,6,8,14-15,21-22,27-28,41,48H,5,7,9-13,16-19H2,2-3H3/t21-,22+,27+,28-,38+/m1/s1. The van der Waals surface area contributed by atoms with Gasteiger partial charge in [-0.1, -0.05) is 12.0 Å². The third-order valence-corrected chi connectivity index (χ3v) is 11.7. The third kappa shape index (κ3) is 5.16. The normalized spacial score (nSPS) is 26.1. The average Bonchev–Trinajstić information content (AvgIpc) is 3.80. The van der Waals surface area contributed by atoms with E-state index in [0.29, 0.717) is 29.7 Å². The SMILES string of the molecule is C#Cc1c(F)ccc2cc(O)cc(-c3nc4c5c(nc(OC[C@@]67CCCN6[C@H](COC(=O)N(C)C)CC7)nc5c3F)N3C[C@H]5CC[C@H](N5)[C@H]3CO4)c12. The van der Waals surface area contributed by atoms with Crippen LogP contribution in [0.15, 0.2) is 24.3 Å². The molecule has 0 saturated carbocycles. The molecule has 5 atom stereocenters. The van der Waals surface area contributed by atoms with Gasteiger partial charge in [0, 0.05) is 49.7 Å². The Bertz CT molecular complexity index is 2180. The molecule has 4 aromatic rings. The molecule has 2 bridgehead atoms. The van der Waals surface area contributed by atoms with Crippen molar-refractivity contribution in [1.82, 2.24) is 30.1 Å². The van der Waals surface area contributed by atoms with E-state index in [9.17, 15) is 9.90 Å².